The van der Waals surface area contributed by atoms with Crippen LogP contribution in [0.4, 0.5) is 11.9 Å². The predicted molar refractivity (Wildman–Crippen MR) is 106 cm³/mol. The second-order valence-corrected chi connectivity index (χ2v) is 7.37. The summed E-state index contributed by atoms with van der Waals surface area (Å²) in [6.45, 7) is 5.40. The number of hydrogen-bond donors (Lipinski definition) is 2. The quantitative estimate of drug-likeness (QED) is 0.671. The maximum atomic E-state index is 12.8. The van der Waals surface area contributed by atoms with Gasteiger partial charge in [-0.05, 0) is 32.3 Å². The molecule has 1 aliphatic rings. The van der Waals surface area contributed by atoms with Gasteiger partial charge in [0.1, 0.15) is 0 Å². The Morgan fingerprint density at radius 2 is 1.96 bits per heavy atom. The molecule has 0 bridgehead atoms. The minimum atomic E-state index is -0.180. The minimum Gasteiger partial charge on any atom is -0.354 e. The molecule has 0 amide bonds. The van der Waals surface area contributed by atoms with Crippen molar-refractivity contribution in [3.8, 4) is 0 Å². The molecular weight excluding hydrogens is 362 g/mol. The Kier molecular flexibility index (Phi) is 4.93. The maximum absolute atomic E-state index is 12.8. The third kappa shape index (κ3) is 3.46. The molecule has 140 valence electrons. The van der Waals surface area contributed by atoms with Crippen molar-refractivity contribution in [2.45, 2.75) is 37.1 Å². The summed E-state index contributed by atoms with van der Waals surface area (Å²) in [5.41, 5.74) is 1.94. The SMILES string of the molecule is CCNc1nc(NCC)n2nc(S[C@H]3CCc4ccccc4C3=O)nc2n1. The second kappa shape index (κ2) is 7.51. The van der Waals surface area contributed by atoms with Gasteiger partial charge in [0, 0.05) is 18.7 Å². The fourth-order valence-electron chi connectivity index (χ4n) is 3.14. The Hall–Kier alpha value is -2.68. The number of Topliss-reactive ketones (excluding diaryl/α,β-unsaturated/α-hetero) is 1. The average molecular weight is 383 g/mol. The fraction of sp³-hybridized carbons (Fsp3) is 0.389. The summed E-state index contributed by atoms with van der Waals surface area (Å²) in [6, 6.07) is 7.82. The number of nitrogens with zero attached hydrogens (tertiary/aromatic N) is 5. The first kappa shape index (κ1) is 17.7. The standard InChI is InChI=1S/C18H21N7OS/c1-3-19-15-21-16(20-4-2)25-17(22-15)23-18(24-25)27-13-10-9-11-7-5-6-8-12(11)14(13)26/h5-8,13H,3-4,9-10H2,1-2H3,(H2,19,20,21,22,23,24)/t13-/m0/s1. The van der Waals surface area contributed by atoms with Gasteiger partial charge in [-0.15, -0.1) is 5.10 Å². The fourth-order valence-corrected chi connectivity index (χ4v) is 4.12. The van der Waals surface area contributed by atoms with E-state index in [-0.39, 0.29) is 11.0 Å². The Morgan fingerprint density at radius 1 is 1.15 bits per heavy atom. The van der Waals surface area contributed by atoms with Crippen molar-refractivity contribution in [1.29, 1.82) is 0 Å². The van der Waals surface area contributed by atoms with Gasteiger partial charge in [0.05, 0.1) is 5.25 Å². The first-order chi connectivity index (χ1) is 13.2. The number of aromatic nitrogens is 5. The van der Waals surface area contributed by atoms with Gasteiger partial charge in [0.2, 0.25) is 17.1 Å². The largest absolute Gasteiger partial charge is 0.354 e. The Labute approximate surface area is 161 Å². The normalized spacial score (nSPS) is 16.4. The van der Waals surface area contributed by atoms with Gasteiger partial charge in [0.25, 0.3) is 5.78 Å². The van der Waals surface area contributed by atoms with Crippen molar-refractivity contribution in [2.24, 2.45) is 0 Å². The number of rotatable bonds is 6. The average Bonchev–Trinajstić information content (AvgIpc) is 3.07. The van der Waals surface area contributed by atoms with E-state index in [4.69, 9.17) is 0 Å². The molecule has 1 aliphatic carbocycles. The van der Waals surface area contributed by atoms with Crippen molar-refractivity contribution < 1.29 is 4.79 Å². The van der Waals surface area contributed by atoms with Crippen LogP contribution in [-0.2, 0) is 6.42 Å². The molecular formula is C18H21N7OS. The van der Waals surface area contributed by atoms with Crippen LogP contribution in [0, 0.1) is 0 Å². The van der Waals surface area contributed by atoms with E-state index in [1.807, 2.05) is 38.1 Å². The number of ketones is 1. The molecule has 0 saturated carbocycles. The number of thioether (sulfide) groups is 1. The van der Waals surface area contributed by atoms with E-state index >= 15 is 0 Å². The molecule has 2 aromatic heterocycles. The highest BCUT2D eigenvalue weighted by Gasteiger charge is 2.29. The molecule has 2 N–H and O–H groups in total. The van der Waals surface area contributed by atoms with Gasteiger partial charge < -0.3 is 10.6 Å². The van der Waals surface area contributed by atoms with Crippen LogP contribution in [0.3, 0.4) is 0 Å². The van der Waals surface area contributed by atoms with Crippen molar-refractivity contribution in [1.82, 2.24) is 24.6 Å². The zero-order chi connectivity index (χ0) is 18.8. The van der Waals surface area contributed by atoms with Gasteiger partial charge in [-0.1, -0.05) is 36.0 Å². The van der Waals surface area contributed by atoms with Crippen molar-refractivity contribution >= 4 is 35.2 Å². The first-order valence-corrected chi connectivity index (χ1v) is 9.99. The Balaban J connectivity index is 1.63. The molecule has 27 heavy (non-hydrogen) atoms. The highest BCUT2D eigenvalue weighted by atomic mass is 32.2. The Bertz CT molecular complexity index is 987. The molecule has 1 aromatic carbocycles. The summed E-state index contributed by atoms with van der Waals surface area (Å²) in [5, 5.41) is 11.2. The van der Waals surface area contributed by atoms with Crippen molar-refractivity contribution in [3.63, 3.8) is 0 Å². The molecule has 8 nitrogen and oxygen atoms in total. The lowest BCUT2D eigenvalue weighted by molar-refractivity contribution is 0.0979. The molecule has 3 aromatic rings. The van der Waals surface area contributed by atoms with Gasteiger partial charge in [-0.3, -0.25) is 4.79 Å². The monoisotopic (exact) mass is 383 g/mol. The smallest absolute Gasteiger partial charge is 0.259 e. The molecule has 0 radical (unpaired) electrons. The molecule has 0 aliphatic heterocycles. The zero-order valence-corrected chi connectivity index (χ0v) is 16.1. The van der Waals surface area contributed by atoms with E-state index in [2.05, 4.69) is 30.7 Å². The number of hydrogen-bond acceptors (Lipinski definition) is 8. The third-order valence-corrected chi connectivity index (χ3v) is 5.48. The Morgan fingerprint density at radius 3 is 2.78 bits per heavy atom. The van der Waals surface area contributed by atoms with Crippen LogP contribution in [0.2, 0.25) is 0 Å². The van der Waals surface area contributed by atoms with Crippen LogP contribution in [0.15, 0.2) is 29.4 Å². The lowest BCUT2D eigenvalue weighted by Crippen LogP contribution is -2.24. The molecule has 0 spiro atoms. The first-order valence-electron chi connectivity index (χ1n) is 9.11. The molecule has 9 heteroatoms. The van der Waals surface area contributed by atoms with E-state index in [9.17, 15) is 4.79 Å². The summed E-state index contributed by atoms with van der Waals surface area (Å²) >= 11 is 1.40. The number of nitrogens with one attached hydrogen (secondary N) is 2. The highest BCUT2D eigenvalue weighted by Crippen LogP contribution is 2.32. The van der Waals surface area contributed by atoms with E-state index in [1.54, 1.807) is 4.52 Å². The number of benzene rings is 1. The molecule has 0 saturated heterocycles. The van der Waals surface area contributed by atoms with Crippen molar-refractivity contribution in [3.05, 3.63) is 35.4 Å². The summed E-state index contributed by atoms with van der Waals surface area (Å²) in [6.07, 6.45) is 1.67. The number of carbonyl (C=O) groups excluding carboxylic acids is 1. The second-order valence-electron chi connectivity index (χ2n) is 6.20. The minimum absolute atomic E-state index is 0.145. The molecule has 0 fully saturated rings. The topological polar surface area (TPSA) is 97.1 Å². The number of carbonyl (C=O) groups is 1. The lowest BCUT2D eigenvalue weighted by atomic mass is 9.90. The summed E-state index contributed by atoms with van der Waals surface area (Å²) in [7, 11) is 0. The highest BCUT2D eigenvalue weighted by molar-refractivity contribution is 8.00. The molecule has 2 heterocycles. The van der Waals surface area contributed by atoms with E-state index in [0.29, 0.717) is 35.9 Å². The van der Waals surface area contributed by atoms with Gasteiger partial charge >= 0.3 is 0 Å². The number of fused-ring (bicyclic) bond motifs is 2. The van der Waals surface area contributed by atoms with Gasteiger partial charge in [0.15, 0.2) is 5.78 Å². The van der Waals surface area contributed by atoms with E-state index < -0.39 is 0 Å². The van der Waals surface area contributed by atoms with E-state index in [0.717, 1.165) is 24.0 Å². The van der Waals surface area contributed by atoms with Gasteiger partial charge in [-0.25, -0.2) is 0 Å². The molecule has 1 atom stereocenters. The zero-order valence-electron chi connectivity index (χ0n) is 15.3. The summed E-state index contributed by atoms with van der Waals surface area (Å²) < 4.78 is 1.59. The van der Waals surface area contributed by atoms with Crippen LogP contribution in [-0.4, -0.2) is 48.7 Å². The summed E-state index contributed by atoms with van der Waals surface area (Å²) in [4.78, 5) is 26.2. The molecule has 0 unspecified atom stereocenters. The van der Waals surface area contributed by atoms with Crippen LogP contribution < -0.4 is 10.6 Å². The maximum Gasteiger partial charge on any atom is 0.259 e. The van der Waals surface area contributed by atoms with Crippen molar-refractivity contribution in [2.75, 3.05) is 23.7 Å². The van der Waals surface area contributed by atoms with Crippen LogP contribution in [0.1, 0.15) is 36.2 Å². The number of anilines is 2. The van der Waals surface area contributed by atoms with Crippen LogP contribution >= 0.6 is 11.8 Å². The van der Waals surface area contributed by atoms with Crippen LogP contribution in [0.5, 0.6) is 0 Å². The van der Waals surface area contributed by atoms with Crippen LogP contribution in [0.25, 0.3) is 5.78 Å². The van der Waals surface area contributed by atoms with Gasteiger partial charge in [-0.2, -0.15) is 19.5 Å². The third-order valence-electron chi connectivity index (χ3n) is 4.36. The lowest BCUT2D eigenvalue weighted by Gasteiger charge is -2.21. The van der Waals surface area contributed by atoms with E-state index in [1.165, 1.54) is 11.8 Å². The number of aryl methyl sites for hydroxylation is 1. The summed E-state index contributed by atoms with van der Waals surface area (Å²) in [5.74, 6) is 1.70. The molecule has 4 rings (SSSR count). The predicted octanol–water partition coefficient (Wildman–Crippen LogP) is 2.67.